The van der Waals surface area contributed by atoms with Crippen LogP contribution in [-0.4, -0.2) is 63.5 Å². The quantitative estimate of drug-likeness (QED) is 0.701. The normalized spacial score (nSPS) is 23.0. The van der Waals surface area contributed by atoms with E-state index in [2.05, 4.69) is 32.4 Å². The molecule has 3 aromatic heterocycles. The van der Waals surface area contributed by atoms with Crippen LogP contribution in [0.25, 0.3) is 22.2 Å². The fourth-order valence-corrected chi connectivity index (χ4v) is 4.73. The van der Waals surface area contributed by atoms with E-state index in [1.54, 1.807) is 4.68 Å². The largest absolute Gasteiger partial charge is 0.379 e. The Hall–Kier alpha value is -2.51. The van der Waals surface area contributed by atoms with Gasteiger partial charge in [-0.05, 0) is 43.7 Å². The molecule has 1 aliphatic carbocycles. The highest BCUT2D eigenvalue weighted by molar-refractivity contribution is 5.82. The Morgan fingerprint density at radius 3 is 2.70 bits per heavy atom. The van der Waals surface area contributed by atoms with E-state index in [-0.39, 0.29) is 0 Å². The molecule has 0 unspecified atom stereocenters. The lowest BCUT2D eigenvalue weighted by atomic mass is 9.85. The molecule has 4 heterocycles. The van der Waals surface area contributed by atoms with Crippen LogP contribution in [0.15, 0.2) is 36.8 Å². The van der Waals surface area contributed by atoms with E-state index in [1.165, 1.54) is 25.7 Å². The summed E-state index contributed by atoms with van der Waals surface area (Å²) in [6.07, 6.45) is 10.9. The van der Waals surface area contributed by atoms with Gasteiger partial charge in [-0.15, -0.1) is 0 Å². The van der Waals surface area contributed by atoms with E-state index >= 15 is 0 Å². The van der Waals surface area contributed by atoms with Gasteiger partial charge in [-0.25, -0.2) is 9.97 Å². The van der Waals surface area contributed by atoms with Crippen LogP contribution in [0.2, 0.25) is 0 Å². The van der Waals surface area contributed by atoms with Crippen molar-refractivity contribution < 1.29 is 4.74 Å². The number of nitrogens with zero attached hydrogens (tertiary/aromatic N) is 5. The molecule has 3 aromatic rings. The molecular weight excluding hydrogens is 376 g/mol. The molecule has 0 bridgehead atoms. The number of rotatable bonds is 5. The maximum atomic E-state index is 5.50. The third-order valence-electron chi connectivity index (χ3n) is 6.52. The molecule has 0 spiro atoms. The van der Waals surface area contributed by atoms with Gasteiger partial charge in [0.1, 0.15) is 5.82 Å². The number of morpholine rings is 1. The summed E-state index contributed by atoms with van der Waals surface area (Å²) in [5.74, 6) is 1.63. The number of ether oxygens (including phenoxy) is 1. The maximum absolute atomic E-state index is 5.50. The van der Waals surface area contributed by atoms with E-state index < -0.39 is 0 Å². The summed E-state index contributed by atoms with van der Waals surface area (Å²) in [5.41, 5.74) is 2.93. The number of aryl methyl sites for hydroxylation is 1. The molecule has 0 amide bonds. The second-order valence-corrected chi connectivity index (χ2v) is 8.57. The summed E-state index contributed by atoms with van der Waals surface area (Å²) >= 11 is 0. The number of hydrogen-bond acceptors (Lipinski definition) is 6. The van der Waals surface area contributed by atoms with Gasteiger partial charge >= 0.3 is 0 Å². The average Bonchev–Trinajstić information content (AvgIpc) is 3.24. The van der Waals surface area contributed by atoms with Crippen LogP contribution in [0.5, 0.6) is 0 Å². The van der Waals surface area contributed by atoms with E-state index in [0.29, 0.717) is 0 Å². The highest BCUT2D eigenvalue weighted by atomic mass is 16.5. The minimum atomic E-state index is 0.717. The standard InChI is InChI=1S/C23H30N6O/c1-28-16-19(15-26-28)21-7-4-18-14-25-23(12-22(18)27-21)24-13-17-2-5-20(6-3-17)29-8-10-30-11-9-29/h4,7,12,14-17,20H,2-3,5-6,8-11,13H2,1H3,(H,24,25). The lowest BCUT2D eigenvalue weighted by Gasteiger charge is -2.38. The number of fused-ring (bicyclic) bond motifs is 1. The van der Waals surface area contributed by atoms with Gasteiger partial charge in [0.05, 0.1) is 30.6 Å². The topological polar surface area (TPSA) is 68.1 Å². The number of pyridine rings is 2. The van der Waals surface area contributed by atoms with Crippen LogP contribution in [0.1, 0.15) is 25.7 Å². The van der Waals surface area contributed by atoms with Crippen molar-refractivity contribution in [2.75, 3.05) is 38.2 Å². The molecule has 1 saturated carbocycles. The molecule has 0 aromatic carbocycles. The minimum Gasteiger partial charge on any atom is -0.379 e. The van der Waals surface area contributed by atoms with Gasteiger partial charge in [-0.3, -0.25) is 9.58 Å². The number of anilines is 1. The van der Waals surface area contributed by atoms with E-state index in [9.17, 15) is 0 Å². The van der Waals surface area contributed by atoms with Gasteiger partial charge < -0.3 is 10.1 Å². The smallest absolute Gasteiger partial charge is 0.128 e. The zero-order valence-electron chi connectivity index (χ0n) is 17.6. The van der Waals surface area contributed by atoms with Crippen LogP contribution in [0, 0.1) is 5.92 Å². The van der Waals surface area contributed by atoms with Crippen LogP contribution in [0.4, 0.5) is 5.82 Å². The first-order chi connectivity index (χ1) is 14.7. The molecule has 1 saturated heterocycles. The Kier molecular flexibility index (Phi) is 5.64. The average molecular weight is 407 g/mol. The van der Waals surface area contributed by atoms with Crippen molar-refractivity contribution in [1.29, 1.82) is 0 Å². The first kappa shape index (κ1) is 19.5. The van der Waals surface area contributed by atoms with E-state index in [1.807, 2.05) is 31.7 Å². The van der Waals surface area contributed by atoms with Crippen LogP contribution in [0.3, 0.4) is 0 Å². The zero-order chi connectivity index (χ0) is 20.3. The highest BCUT2D eigenvalue weighted by Crippen LogP contribution is 2.28. The van der Waals surface area contributed by atoms with Crippen molar-refractivity contribution in [2.24, 2.45) is 13.0 Å². The molecule has 7 heteroatoms. The molecule has 2 fully saturated rings. The van der Waals surface area contributed by atoms with Gasteiger partial charge in [0, 0.05) is 62.1 Å². The molecule has 7 nitrogen and oxygen atoms in total. The number of nitrogens with one attached hydrogen (secondary N) is 1. The molecule has 2 aliphatic rings. The predicted molar refractivity (Wildman–Crippen MR) is 118 cm³/mol. The Bertz CT molecular complexity index is 988. The fourth-order valence-electron chi connectivity index (χ4n) is 4.73. The van der Waals surface area contributed by atoms with Crippen LogP contribution >= 0.6 is 0 Å². The molecule has 5 rings (SSSR count). The summed E-state index contributed by atoms with van der Waals surface area (Å²) in [4.78, 5) is 12.1. The highest BCUT2D eigenvalue weighted by Gasteiger charge is 2.26. The maximum Gasteiger partial charge on any atom is 0.128 e. The van der Waals surface area contributed by atoms with E-state index in [4.69, 9.17) is 9.72 Å². The molecule has 0 radical (unpaired) electrons. The third-order valence-corrected chi connectivity index (χ3v) is 6.52. The van der Waals surface area contributed by atoms with Crippen molar-refractivity contribution in [3.8, 4) is 11.3 Å². The molecule has 1 aliphatic heterocycles. The second-order valence-electron chi connectivity index (χ2n) is 8.57. The molecule has 158 valence electrons. The van der Waals surface area contributed by atoms with Gasteiger partial charge in [-0.2, -0.15) is 5.10 Å². The number of hydrogen-bond donors (Lipinski definition) is 1. The van der Waals surface area contributed by atoms with Crippen LogP contribution in [-0.2, 0) is 11.8 Å². The molecule has 0 atom stereocenters. The summed E-state index contributed by atoms with van der Waals surface area (Å²) in [6.45, 7) is 4.97. The SMILES string of the molecule is Cn1cc(-c2ccc3cnc(NCC4CCC(N5CCOCC5)CC4)cc3n2)cn1. The Morgan fingerprint density at radius 1 is 1.10 bits per heavy atom. The Morgan fingerprint density at radius 2 is 1.93 bits per heavy atom. The van der Waals surface area contributed by atoms with Crippen molar-refractivity contribution in [3.63, 3.8) is 0 Å². The summed E-state index contributed by atoms with van der Waals surface area (Å²) in [5, 5.41) is 8.87. The predicted octanol–water partition coefficient (Wildman–Crippen LogP) is 3.33. The summed E-state index contributed by atoms with van der Waals surface area (Å²) < 4.78 is 7.30. The van der Waals surface area contributed by atoms with Gasteiger partial charge in [0.2, 0.25) is 0 Å². The fraction of sp³-hybridized carbons (Fsp3) is 0.522. The second kappa shape index (κ2) is 8.70. The molecule has 30 heavy (non-hydrogen) atoms. The lowest BCUT2D eigenvalue weighted by molar-refractivity contribution is 0.00539. The lowest BCUT2D eigenvalue weighted by Crippen LogP contribution is -2.45. The van der Waals surface area contributed by atoms with Crippen LogP contribution < -0.4 is 5.32 Å². The van der Waals surface area contributed by atoms with Gasteiger partial charge in [-0.1, -0.05) is 0 Å². The first-order valence-electron chi connectivity index (χ1n) is 11.1. The third kappa shape index (κ3) is 4.32. The van der Waals surface area contributed by atoms with Crippen molar-refractivity contribution in [2.45, 2.75) is 31.7 Å². The van der Waals surface area contributed by atoms with Gasteiger partial charge in [0.25, 0.3) is 0 Å². The molecule has 1 N–H and O–H groups in total. The molecular formula is C23H30N6O. The summed E-state index contributed by atoms with van der Waals surface area (Å²) in [7, 11) is 1.92. The Labute approximate surface area is 177 Å². The van der Waals surface area contributed by atoms with Crippen molar-refractivity contribution in [3.05, 3.63) is 36.8 Å². The summed E-state index contributed by atoms with van der Waals surface area (Å²) in [6, 6.07) is 6.92. The van der Waals surface area contributed by atoms with Crippen molar-refractivity contribution in [1.82, 2.24) is 24.6 Å². The monoisotopic (exact) mass is 406 g/mol. The van der Waals surface area contributed by atoms with E-state index in [0.717, 1.165) is 72.8 Å². The Balaban J connectivity index is 1.19. The number of aromatic nitrogens is 4. The van der Waals surface area contributed by atoms with Crippen molar-refractivity contribution >= 4 is 16.7 Å². The zero-order valence-corrected chi connectivity index (χ0v) is 17.6. The minimum absolute atomic E-state index is 0.717. The van der Waals surface area contributed by atoms with Gasteiger partial charge in [0.15, 0.2) is 0 Å². The first-order valence-corrected chi connectivity index (χ1v) is 11.1.